The maximum atomic E-state index is 13.9. The zero-order valence-electron chi connectivity index (χ0n) is 20.5. The van der Waals surface area contributed by atoms with E-state index in [0.717, 1.165) is 11.6 Å². The average Bonchev–Trinajstić information content (AvgIpc) is 2.84. The zero-order chi connectivity index (χ0) is 27.3. The second-order valence-corrected chi connectivity index (χ2v) is 8.19. The normalized spacial score (nSPS) is 12.1. The Morgan fingerprint density at radius 3 is 2.32 bits per heavy atom. The van der Waals surface area contributed by atoms with E-state index in [2.05, 4.69) is 0 Å². The van der Waals surface area contributed by atoms with E-state index in [9.17, 15) is 32.3 Å². The maximum absolute atomic E-state index is 13.9. The van der Waals surface area contributed by atoms with Crippen LogP contribution in [0.25, 0.3) is 0 Å². The monoisotopic (exact) mass is 529 g/mol. The van der Waals surface area contributed by atoms with Crippen LogP contribution in [0.5, 0.6) is 11.5 Å². The topological polar surface area (TPSA) is 85.3 Å². The van der Waals surface area contributed by atoms with Gasteiger partial charge in [0.15, 0.2) is 17.7 Å². The minimum Gasteiger partial charge on any atom is -0.492 e. The first-order chi connectivity index (χ1) is 17.6. The van der Waals surface area contributed by atoms with E-state index in [0.29, 0.717) is 12.2 Å². The highest BCUT2D eigenvalue weighted by Crippen LogP contribution is 2.23. The van der Waals surface area contributed by atoms with Gasteiger partial charge in [0.2, 0.25) is 0 Å². The van der Waals surface area contributed by atoms with Crippen LogP contribution in [0, 0.1) is 5.82 Å². The summed E-state index contributed by atoms with van der Waals surface area (Å²) in [7, 11) is 0. The molecule has 11 heteroatoms. The van der Waals surface area contributed by atoms with Crippen molar-refractivity contribution in [2.75, 3.05) is 26.3 Å². The molecule has 1 N–H and O–H groups in total. The van der Waals surface area contributed by atoms with Crippen LogP contribution < -0.4 is 9.47 Å². The minimum atomic E-state index is -4.23. The van der Waals surface area contributed by atoms with Crippen LogP contribution in [-0.2, 0) is 16.0 Å². The van der Waals surface area contributed by atoms with Gasteiger partial charge in [0.25, 0.3) is 0 Å². The molecule has 0 aliphatic heterocycles. The van der Waals surface area contributed by atoms with E-state index >= 15 is 0 Å². The lowest BCUT2D eigenvalue weighted by molar-refractivity contribution is -0.150. The standard InChI is InChI=1S/C26H31F4NO6/c1-2-35-23(24(32)33)18-19-10-12-20(13-11-19)36-17-16-31(15-7-3-6-14-26(28,29)30)25(34)37-22-9-5-4-8-21(22)27/h4-5,8-13,23H,2-3,6-7,14-18H2,1H3,(H,32,33). The van der Waals surface area contributed by atoms with Gasteiger partial charge in [-0.25, -0.2) is 14.0 Å². The van der Waals surface area contributed by atoms with Gasteiger partial charge in [0.05, 0.1) is 6.54 Å². The number of para-hydroxylation sites is 1. The Hall–Kier alpha value is -3.34. The Morgan fingerprint density at radius 2 is 1.70 bits per heavy atom. The third-order valence-electron chi connectivity index (χ3n) is 5.30. The Labute approximate surface area is 212 Å². The van der Waals surface area contributed by atoms with E-state index < -0.39 is 36.6 Å². The number of nitrogens with zero attached hydrogens (tertiary/aromatic N) is 1. The summed E-state index contributed by atoms with van der Waals surface area (Å²) in [5, 5.41) is 9.21. The molecule has 2 aromatic carbocycles. The number of ether oxygens (including phenoxy) is 3. The van der Waals surface area contributed by atoms with E-state index in [1.807, 2.05) is 0 Å². The fourth-order valence-electron chi connectivity index (χ4n) is 3.41. The van der Waals surface area contributed by atoms with Crippen LogP contribution in [-0.4, -0.2) is 60.7 Å². The first-order valence-corrected chi connectivity index (χ1v) is 11.9. The largest absolute Gasteiger partial charge is 0.492 e. The molecule has 204 valence electrons. The van der Waals surface area contributed by atoms with Gasteiger partial charge < -0.3 is 24.2 Å². The van der Waals surface area contributed by atoms with E-state index in [1.165, 1.54) is 23.1 Å². The number of carboxylic acid groups (broad SMARTS) is 1. The van der Waals surface area contributed by atoms with Crippen molar-refractivity contribution < 1.29 is 46.5 Å². The molecule has 2 aromatic rings. The fourth-order valence-corrected chi connectivity index (χ4v) is 3.41. The summed E-state index contributed by atoms with van der Waals surface area (Å²) in [4.78, 5) is 25.1. The van der Waals surface area contributed by atoms with Crippen LogP contribution in [0.3, 0.4) is 0 Å². The molecule has 0 heterocycles. The summed E-state index contributed by atoms with van der Waals surface area (Å²) in [5.41, 5.74) is 0.738. The molecule has 1 amide bonds. The molecule has 0 fully saturated rings. The van der Waals surface area contributed by atoms with Gasteiger partial charge >= 0.3 is 18.2 Å². The number of carboxylic acids is 1. The zero-order valence-corrected chi connectivity index (χ0v) is 20.5. The molecular formula is C26H31F4NO6. The predicted octanol–water partition coefficient (Wildman–Crippen LogP) is 5.86. The second-order valence-electron chi connectivity index (χ2n) is 8.19. The SMILES string of the molecule is CCOC(Cc1ccc(OCCN(CCCCCC(F)(F)F)C(=O)Oc2ccccc2F)cc1)C(=O)O. The molecule has 1 unspecified atom stereocenters. The maximum Gasteiger partial charge on any atom is 0.415 e. The van der Waals surface area contributed by atoms with Gasteiger partial charge in [-0.3, -0.25) is 0 Å². The van der Waals surface area contributed by atoms with Crippen molar-refractivity contribution in [1.82, 2.24) is 4.90 Å². The highest BCUT2D eigenvalue weighted by molar-refractivity contribution is 5.72. The molecule has 0 bridgehead atoms. The number of carbonyl (C=O) groups is 2. The molecule has 37 heavy (non-hydrogen) atoms. The third kappa shape index (κ3) is 11.5. The molecule has 7 nitrogen and oxygen atoms in total. The van der Waals surface area contributed by atoms with Crippen molar-refractivity contribution in [1.29, 1.82) is 0 Å². The summed E-state index contributed by atoms with van der Waals surface area (Å²) >= 11 is 0. The number of halogens is 4. The van der Waals surface area contributed by atoms with Crippen LogP contribution in [0.4, 0.5) is 22.4 Å². The van der Waals surface area contributed by atoms with Gasteiger partial charge in [-0.1, -0.05) is 30.7 Å². The van der Waals surface area contributed by atoms with Gasteiger partial charge in [0.1, 0.15) is 12.4 Å². The number of rotatable bonds is 15. The number of unbranched alkanes of at least 4 members (excludes halogenated alkanes) is 2. The number of alkyl halides is 3. The first kappa shape index (κ1) is 29.9. The van der Waals surface area contributed by atoms with E-state index in [4.69, 9.17) is 14.2 Å². The lowest BCUT2D eigenvalue weighted by atomic mass is 10.1. The van der Waals surface area contributed by atoms with Gasteiger partial charge in [-0.15, -0.1) is 0 Å². The molecule has 0 spiro atoms. The predicted molar refractivity (Wildman–Crippen MR) is 127 cm³/mol. The van der Waals surface area contributed by atoms with E-state index in [-0.39, 0.29) is 51.3 Å². The lowest BCUT2D eigenvalue weighted by Gasteiger charge is -2.22. The van der Waals surface area contributed by atoms with Gasteiger partial charge in [-0.05, 0) is 49.6 Å². The first-order valence-electron chi connectivity index (χ1n) is 11.9. The Morgan fingerprint density at radius 1 is 1.00 bits per heavy atom. The molecule has 0 saturated carbocycles. The number of aliphatic carboxylic acids is 1. The molecule has 0 aliphatic carbocycles. The summed E-state index contributed by atoms with van der Waals surface area (Å²) in [5.74, 6) is -1.55. The van der Waals surface area contributed by atoms with Crippen molar-refractivity contribution in [3.05, 3.63) is 59.9 Å². The fraction of sp³-hybridized carbons (Fsp3) is 0.462. The molecule has 0 radical (unpaired) electrons. The van der Waals surface area contributed by atoms with Crippen LogP contribution >= 0.6 is 0 Å². The molecular weight excluding hydrogens is 498 g/mol. The second kappa shape index (κ2) is 15.0. The quantitative estimate of drug-likeness (QED) is 0.230. The highest BCUT2D eigenvalue weighted by Gasteiger charge is 2.26. The van der Waals surface area contributed by atoms with Crippen molar-refractivity contribution in [2.45, 2.75) is 51.3 Å². The van der Waals surface area contributed by atoms with Crippen molar-refractivity contribution in [3.8, 4) is 11.5 Å². The molecule has 0 saturated heterocycles. The van der Waals surface area contributed by atoms with Crippen LogP contribution in [0.2, 0.25) is 0 Å². The lowest BCUT2D eigenvalue weighted by Crippen LogP contribution is -2.37. The van der Waals surface area contributed by atoms with Crippen molar-refractivity contribution in [3.63, 3.8) is 0 Å². The summed E-state index contributed by atoms with van der Waals surface area (Å²) < 4.78 is 67.0. The smallest absolute Gasteiger partial charge is 0.415 e. The highest BCUT2D eigenvalue weighted by atomic mass is 19.4. The summed E-state index contributed by atoms with van der Waals surface area (Å²) in [6.07, 6.45) is -6.24. The summed E-state index contributed by atoms with van der Waals surface area (Å²) in [6.45, 7) is 2.20. The number of carbonyl (C=O) groups excluding carboxylic acids is 1. The molecule has 0 aliphatic rings. The van der Waals surface area contributed by atoms with E-state index in [1.54, 1.807) is 31.2 Å². The number of benzene rings is 2. The van der Waals surface area contributed by atoms with Crippen LogP contribution in [0.1, 0.15) is 38.2 Å². The van der Waals surface area contributed by atoms with Gasteiger partial charge in [-0.2, -0.15) is 13.2 Å². The molecule has 0 aromatic heterocycles. The van der Waals surface area contributed by atoms with Crippen molar-refractivity contribution in [2.24, 2.45) is 0 Å². The Bertz CT molecular complexity index is 984. The Kier molecular flexibility index (Phi) is 12.1. The average molecular weight is 530 g/mol. The molecule has 2 rings (SSSR count). The van der Waals surface area contributed by atoms with Gasteiger partial charge in [0, 0.05) is 26.0 Å². The third-order valence-corrected chi connectivity index (χ3v) is 5.30. The number of hydrogen-bond acceptors (Lipinski definition) is 5. The summed E-state index contributed by atoms with van der Waals surface area (Å²) in [6, 6.07) is 12.1. The number of amides is 1. The Balaban J connectivity index is 1.92. The molecule has 1 atom stereocenters. The van der Waals surface area contributed by atoms with Crippen molar-refractivity contribution >= 4 is 12.1 Å². The number of hydrogen-bond donors (Lipinski definition) is 1. The minimum absolute atomic E-state index is 0.0466. The van der Waals surface area contributed by atoms with Crippen LogP contribution in [0.15, 0.2) is 48.5 Å².